The molecule has 0 bridgehead atoms. The van der Waals surface area contributed by atoms with Gasteiger partial charge in [-0.25, -0.2) is 4.79 Å². The van der Waals surface area contributed by atoms with Crippen molar-refractivity contribution in [1.29, 1.82) is 0 Å². The Morgan fingerprint density at radius 2 is 1.02 bits per heavy atom. The Bertz CT molecular complexity index is 1500. The standard InChI is InChI=1S/C36H32N2O2P.ClH/c1-2-40-35(39)38-36(29-18-8-3-9-19-29,30-20-10-4-11-21-30)28-34(37-38)41(31-22-12-5-13-23-31,32-24-14-6-15-25-32)33-26-16-7-17-27-33;/h3-27H,2,28H2,1H3;1H/q+1;/p-1. The first-order valence-electron chi connectivity index (χ1n) is 13.9. The molecule has 0 radical (unpaired) electrons. The van der Waals surface area contributed by atoms with Crippen molar-refractivity contribution in [3.05, 3.63) is 163 Å². The highest BCUT2D eigenvalue weighted by Crippen LogP contribution is 2.62. The fourth-order valence-corrected chi connectivity index (χ4v) is 10.3. The van der Waals surface area contributed by atoms with Gasteiger partial charge in [-0.2, -0.15) is 5.01 Å². The predicted molar refractivity (Wildman–Crippen MR) is 170 cm³/mol. The first-order chi connectivity index (χ1) is 20.2. The Morgan fingerprint density at radius 3 is 1.38 bits per heavy atom. The van der Waals surface area contributed by atoms with Crippen LogP contribution in [0.3, 0.4) is 0 Å². The molecule has 5 aromatic rings. The molecule has 0 aromatic heterocycles. The van der Waals surface area contributed by atoms with Crippen LogP contribution in [-0.4, -0.2) is 23.2 Å². The van der Waals surface area contributed by atoms with E-state index in [1.165, 1.54) is 15.9 Å². The van der Waals surface area contributed by atoms with Crippen LogP contribution in [0.25, 0.3) is 0 Å². The highest BCUT2D eigenvalue weighted by Gasteiger charge is 2.60. The summed E-state index contributed by atoms with van der Waals surface area (Å²) in [6.07, 6.45) is 0.0641. The van der Waals surface area contributed by atoms with Crippen LogP contribution in [0.5, 0.6) is 0 Å². The lowest BCUT2D eigenvalue weighted by atomic mass is 9.80. The molecule has 4 nitrogen and oxygen atoms in total. The molecule has 1 heterocycles. The number of benzene rings is 5. The lowest BCUT2D eigenvalue weighted by Crippen LogP contribution is -3.00. The molecule has 0 saturated carbocycles. The summed E-state index contributed by atoms with van der Waals surface area (Å²) in [6, 6.07) is 52.4. The van der Waals surface area contributed by atoms with Crippen LogP contribution in [0.4, 0.5) is 4.79 Å². The average Bonchev–Trinajstić information content (AvgIpc) is 3.46. The molecule has 0 spiro atoms. The van der Waals surface area contributed by atoms with Crippen molar-refractivity contribution in [3.8, 4) is 0 Å². The number of hydrazone groups is 1. The number of amides is 1. The summed E-state index contributed by atoms with van der Waals surface area (Å²) in [4.78, 5) is 13.9. The van der Waals surface area contributed by atoms with Gasteiger partial charge < -0.3 is 17.1 Å². The molecule has 5 aromatic carbocycles. The maximum atomic E-state index is 13.9. The minimum absolute atomic E-state index is 0. The van der Waals surface area contributed by atoms with Crippen LogP contribution in [0.1, 0.15) is 24.5 Å². The normalized spacial score (nSPS) is 14.0. The van der Waals surface area contributed by atoms with E-state index in [1.807, 2.05) is 61.5 Å². The number of carbonyl (C=O) groups is 1. The van der Waals surface area contributed by atoms with E-state index >= 15 is 0 Å². The van der Waals surface area contributed by atoms with E-state index in [0.29, 0.717) is 6.42 Å². The minimum Gasteiger partial charge on any atom is -1.00 e. The van der Waals surface area contributed by atoms with Gasteiger partial charge in [0.25, 0.3) is 0 Å². The van der Waals surface area contributed by atoms with Crippen LogP contribution in [-0.2, 0) is 10.3 Å². The molecule has 0 unspecified atom stereocenters. The van der Waals surface area contributed by atoms with E-state index in [9.17, 15) is 4.79 Å². The van der Waals surface area contributed by atoms with Gasteiger partial charge in [0.2, 0.25) is 0 Å². The number of nitrogens with zero attached hydrogens (tertiary/aromatic N) is 2. The second-order valence-corrected chi connectivity index (χ2v) is 13.4. The van der Waals surface area contributed by atoms with Crippen LogP contribution in [0.15, 0.2) is 157 Å². The van der Waals surface area contributed by atoms with E-state index in [0.717, 1.165) is 16.6 Å². The summed E-state index contributed by atoms with van der Waals surface area (Å²) in [5.74, 6) is 0. The summed E-state index contributed by atoms with van der Waals surface area (Å²) in [5.41, 5.74) is 2.07. The quantitative estimate of drug-likeness (QED) is 0.268. The van der Waals surface area contributed by atoms with Gasteiger partial charge in [-0.15, -0.1) is 5.10 Å². The zero-order valence-corrected chi connectivity index (χ0v) is 25.0. The van der Waals surface area contributed by atoms with Gasteiger partial charge in [-0.3, -0.25) is 0 Å². The van der Waals surface area contributed by atoms with Gasteiger partial charge in [0.05, 0.1) is 13.0 Å². The van der Waals surface area contributed by atoms with Crippen LogP contribution >= 0.6 is 7.26 Å². The molecule has 210 valence electrons. The van der Waals surface area contributed by atoms with Gasteiger partial charge in [-0.1, -0.05) is 115 Å². The highest BCUT2D eigenvalue weighted by atomic mass is 35.5. The van der Waals surface area contributed by atoms with Crippen molar-refractivity contribution in [1.82, 2.24) is 5.01 Å². The van der Waals surface area contributed by atoms with E-state index in [1.54, 1.807) is 5.01 Å². The second-order valence-electron chi connectivity index (χ2n) is 9.97. The predicted octanol–water partition coefficient (Wildman–Crippen LogP) is 4.10. The third-order valence-electron chi connectivity index (χ3n) is 7.75. The molecule has 42 heavy (non-hydrogen) atoms. The zero-order valence-electron chi connectivity index (χ0n) is 23.4. The van der Waals surface area contributed by atoms with Crippen molar-refractivity contribution < 1.29 is 21.9 Å². The van der Waals surface area contributed by atoms with Gasteiger partial charge >= 0.3 is 6.09 Å². The Hall–Kier alpha value is -4.24. The molecular formula is C36H32ClN2O2P. The van der Waals surface area contributed by atoms with Gasteiger partial charge in [0.15, 0.2) is 12.7 Å². The summed E-state index contributed by atoms with van der Waals surface area (Å²) in [7, 11) is -2.52. The first kappa shape index (κ1) is 29.3. The fourth-order valence-electron chi connectivity index (χ4n) is 6.00. The Kier molecular flexibility index (Phi) is 8.87. The van der Waals surface area contributed by atoms with Gasteiger partial charge in [0.1, 0.15) is 21.5 Å². The second kappa shape index (κ2) is 12.7. The van der Waals surface area contributed by atoms with Crippen LogP contribution < -0.4 is 28.3 Å². The Balaban J connectivity index is 0.00000353. The SMILES string of the molecule is CCOC(=O)N1N=C([P+](c2ccccc2)(c2ccccc2)c2ccccc2)CC1(c1ccccc1)c1ccccc1.[Cl-]. The van der Waals surface area contributed by atoms with Crippen molar-refractivity contribution in [2.24, 2.45) is 5.10 Å². The molecule has 0 N–H and O–H groups in total. The van der Waals surface area contributed by atoms with Crippen LogP contribution in [0, 0.1) is 0 Å². The zero-order chi connectivity index (χ0) is 28.1. The third-order valence-corrected chi connectivity index (χ3v) is 12.0. The van der Waals surface area contributed by atoms with Crippen molar-refractivity contribution in [2.45, 2.75) is 18.9 Å². The van der Waals surface area contributed by atoms with Gasteiger partial charge in [-0.05, 0) is 54.4 Å². The molecule has 0 atom stereocenters. The fraction of sp³-hybridized carbons (Fsp3) is 0.111. The monoisotopic (exact) mass is 590 g/mol. The molecule has 6 heteroatoms. The lowest BCUT2D eigenvalue weighted by Gasteiger charge is -2.36. The lowest BCUT2D eigenvalue weighted by molar-refractivity contribution is -0.0000177. The number of rotatable bonds is 7. The summed E-state index contributed by atoms with van der Waals surface area (Å²) >= 11 is 0. The van der Waals surface area contributed by atoms with E-state index in [-0.39, 0.29) is 19.0 Å². The molecule has 0 fully saturated rings. The Morgan fingerprint density at radius 1 is 0.667 bits per heavy atom. The maximum absolute atomic E-state index is 13.9. The maximum Gasteiger partial charge on any atom is 0.431 e. The number of ether oxygens (including phenoxy) is 1. The average molecular weight is 591 g/mol. The van der Waals surface area contributed by atoms with Crippen molar-refractivity contribution >= 4 is 34.7 Å². The first-order valence-corrected chi connectivity index (χ1v) is 15.7. The van der Waals surface area contributed by atoms with Crippen molar-refractivity contribution in [2.75, 3.05) is 6.61 Å². The summed E-state index contributed by atoms with van der Waals surface area (Å²) < 4.78 is 5.69. The molecule has 1 aliphatic heterocycles. The smallest absolute Gasteiger partial charge is 0.431 e. The molecule has 1 aliphatic rings. The topological polar surface area (TPSA) is 41.9 Å². The number of carbonyl (C=O) groups excluding carboxylic acids is 1. The van der Waals surface area contributed by atoms with Gasteiger partial charge in [0, 0.05) is 0 Å². The third kappa shape index (κ3) is 4.91. The molecule has 0 aliphatic carbocycles. The van der Waals surface area contributed by atoms with Crippen molar-refractivity contribution in [3.63, 3.8) is 0 Å². The molecule has 6 rings (SSSR count). The summed E-state index contributed by atoms with van der Waals surface area (Å²) in [6.45, 7) is 2.09. The van der Waals surface area contributed by atoms with E-state index in [2.05, 4.69) is 97.1 Å². The minimum atomic E-state index is -2.52. The summed E-state index contributed by atoms with van der Waals surface area (Å²) in [5, 5.41) is 10.5. The van der Waals surface area contributed by atoms with Crippen LogP contribution in [0.2, 0.25) is 0 Å². The van der Waals surface area contributed by atoms with E-state index in [4.69, 9.17) is 9.84 Å². The highest BCUT2D eigenvalue weighted by molar-refractivity contribution is 8.08. The molecule has 1 amide bonds. The number of hydrogen-bond donors (Lipinski definition) is 0. The number of hydrogen-bond acceptors (Lipinski definition) is 3. The molecule has 0 saturated heterocycles. The Labute approximate surface area is 254 Å². The van der Waals surface area contributed by atoms with E-state index < -0.39 is 18.9 Å². The number of halogens is 1. The molecular weight excluding hydrogens is 559 g/mol. The largest absolute Gasteiger partial charge is 1.00 e.